The lowest BCUT2D eigenvalue weighted by molar-refractivity contribution is 0.625. The molecule has 2 nitrogen and oxygen atoms in total. The molecule has 1 aromatic heterocycles. The minimum absolute atomic E-state index is 0.317. The van der Waals surface area contributed by atoms with Crippen molar-refractivity contribution >= 4 is 34.4 Å². The van der Waals surface area contributed by atoms with Crippen LogP contribution >= 0.6 is 0 Å². The van der Waals surface area contributed by atoms with Crippen LogP contribution in [0.25, 0.3) is 23.1 Å². The molecular formula is C25H24N2. The predicted octanol–water partition coefficient (Wildman–Crippen LogP) is 7.12. The molecule has 0 fully saturated rings. The average molecular weight is 352 g/mol. The van der Waals surface area contributed by atoms with Crippen molar-refractivity contribution in [3.05, 3.63) is 96.7 Å². The Morgan fingerprint density at radius 1 is 1.07 bits per heavy atom. The van der Waals surface area contributed by atoms with Crippen LogP contribution in [0, 0.1) is 0 Å². The van der Waals surface area contributed by atoms with Crippen molar-refractivity contribution in [2.24, 2.45) is 0 Å². The van der Waals surface area contributed by atoms with Crippen LogP contribution in [0.3, 0.4) is 0 Å². The second-order valence-corrected chi connectivity index (χ2v) is 6.71. The molecule has 1 atom stereocenters. The zero-order chi connectivity index (χ0) is 18.6. The van der Waals surface area contributed by atoms with Crippen LogP contribution in [0.5, 0.6) is 0 Å². The zero-order valence-corrected chi connectivity index (χ0v) is 15.6. The van der Waals surface area contributed by atoms with E-state index >= 15 is 0 Å². The molecule has 1 N–H and O–H groups in total. The van der Waals surface area contributed by atoms with Gasteiger partial charge in [-0.3, -0.25) is 0 Å². The second kappa shape index (κ2) is 7.55. The van der Waals surface area contributed by atoms with E-state index in [1.807, 2.05) is 24.3 Å². The van der Waals surface area contributed by atoms with Gasteiger partial charge in [-0.2, -0.15) is 0 Å². The van der Waals surface area contributed by atoms with Crippen molar-refractivity contribution in [1.82, 2.24) is 4.57 Å². The summed E-state index contributed by atoms with van der Waals surface area (Å²) in [4.78, 5) is 0. The van der Waals surface area contributed by atoms with E-state index in [2.05, 4.69) is 90.2 Å². The molecule has 0 spiro atoms. The van der Waals surface area contributed by atoms with Crippen molar-refractivity contribution in [2.75, 3.05) is 5.32 Å². The third kappa shape index (κ3) is 3.26. The molecule has 1 unspecified atom stereocenters. The number of fused-ring (bicyclic) bond motifs is 1. The Bertz CT molecular complexity index is 1050. The maximum absolute atomic E-state index is 4.10. The summed E-state index contributed by atoms with van der Waals surface area (Å²) in [6.45, 7) is 6.16. The number of aromatic nitrogens is 1. The highest BCUT2D eigenvalue weighted by molar-refractivity contribution is 5.96. The predicted molar refractivity (Wildman–Crippen MR) is 118 cm³/mol. The number of hydrogen-bond acceptors (Lipinski definition) is 1. The van der Waals surface area contributed by atoms with Gasteiger partial charge in [-0.05, 0) is 49.8 Å². The molecule has 0 amide bonds. The molecule has 27 heavy (non-hydrogen) atoms. The molecule has 0 bridgehead atoms. The lowest BCUT2D eigenvalue weighted by atomic mass is 10.1. The van der Waals surface area contributed by atoms with Gasteiger partial charge in [0.1, 0.15) is 0 Å². The van der Waals surface area contributed by atoms with E-state index in [9.17, 15) is 0 Å². The Hall–Kier alpha value is -3.26. The van der Waals surface area contributed by atoms with E-state index in [0.29, 0.717) is 6.04 Å². The van der Waals surface area contributed by atoms with Gasteiger partial charge < -0.3 is 9.88 Å². The first kappa shape index (κ1) is 17.2. The molecule has 2 heteroatoms. The third-order valence-electron chi connectivity index (χ3n) is 4.96. The monoisotopic (exact) mass is 352 g/mol. The summed E-state index contributed by atoms with van der Waals surface area (Å²) in [5.41, 5.74) is 5.81. The number of anilines is 2. The van der Waals surface area contributed by atoms with Crippen LogP contribution in [-0.4, -0.2) is 4.57 Å². The number of benzene rings is 2. The number of nitrogens with zero attached hydrogens (tertiary/aromatic N) is 1. The standard InChI is InChI=1S/C25H24N2/c1-3-11-22-23-18-20(26-19-12-7-5-8-13-19)16-17-25(23)27(24(22)4-2)21-14-9-6-10-15-21/h3-14,16-18,21,26H,2,15H2,1H3/b11-3-. The number of rotatable bonds is 5. The smallest absolute Gasteiger partial charge is 0.0560 e. The quantitative estimate of drug-likeness (QED) is 0.517. The van der Waals surface area contributed by atoms with Crippen molar-refractivity contribution in [2.45, 2.75) is 19.4 Å². The largest absolute Gasteiger partial charge is 0.356 e. The van der Waals surface area contributed by atoms with Crippen LogP contribution in [0.15, 0.2) is 85.5 Å². The summed E-state index contributed by atoms with van der Waals surface area (Å²) in [6, 6.07) is 17.2. The topological polar surface area (TPSA) is 17.0 Å². The van der Waals surface area contributed by atoms with Gasteiger partial charge >= 0.3 is 0 Å². The summed E-state index contributed by atoms with van der Waals surface area (Å²) in [5, 5.41) is 4.75. The van der Waals surface area contributed by atoms with Crippen LogP contribution in [0.2, 0.25) is 0 Å². The lowest BCUT2D eigenvalue weighted by Crippen LogP contribution is -2.08. The van der Waals surface area contributed by atoms with E-state index in [-0.39, 0.29) is 0 Å². The van der Waals surface area contributed by atoms with Crippen molar-refractivity contribution < 1.29 is 0 Å². The van der Waals surface area contributed by atoms with Crippen LogP contribution in [0.1, 0.15) is 30.6 Å². The van der Waals surface area contributed by atoms with E-state index in [1.165, 1.54) is 22.2 Å². The number of hydrogen-bond donors (Lipinski definition) is 1. The normalized spacial score (nSPS) is 16.3. The van der Waals surface area contributed by atoms with Gasteiger partial charge in [0.25, 0.3) is 0 Å². The van der Waals surface area contributed by atoms with Crippen molar-refractivity contribution in [3.8, 4) is 0 Å². The Morgan fingerprint density at radius 2 is 1.93 bits per heavy atom. The van der Waals surface area contributed by atoms with E-state index in [1.54, 1.807) is 0 Å². The first-order valence-electron chi connectivity index (χ1n) is 9.40. The summed E-state index contributed by atoms with van der Waals surface area (Å²) in [6.07, 6.45) is 16.0. The molecule has 1 aliphatic rings. The van der Waals surface area contributed by atoms with Gasteiger partial charge in [-0.1, -0.05) is 61.2 Å². The highest BCUT2D eigenvalue weighted by Crippen LogP contribution is 2.36. The van der Waals surface area contributed by atoms with Gasteiger partial charge in [0.15, 0.2) is 0 Å². The van der Waals surface area contributed by atoms with E-state index in [4.69, 9.17) is 0 Å². The van der Waals surface area contributed by atoms with Crippen LogP contribution in [-0.2, 0) is 0 Å². The summed E-state index contributed by atoms with van der Waals surface area (Å²) in [7, 11) is 0. The van der Waals surface area contributed by atoms with Gasteiger partial charge in [0, 0.05) is 33.5 Å². The first-order chi connectivity index (χ1) is 13.3. The van der Waals surface area contributed by atoms with Gasteiger partial charge in [-0.15, -0.1) is 0 Å². The Morgan fingerprint density at radius 3 is 2.63 bits per heavy atom. The molecule has 1 aliphatic carbocycles. The molecule has 0 saturated carbocycles. The summed E-state index contributed by atoms with van der Waals surface area (Å²) in [5.74, 6) is 0. The lowest BCUT2D eigenvalue weighted by Gasteiger charge is -2.19. The maximum Gasteiger partial charge on any atom is 0.0560 e. The number of para-hydroxylation sites is 1. The average Bonchev–Trinajstić information content (AvgIpc) is 3.02. The first-order valence-corrected chi connectivity index (χ1v) is 9.40. The Balaban J connectivity index is 1.87. The van der Waals surface area contributed by atoms with Crippen molar-refractivity contribution in [3.63, 3.8) is 0 Å². The molecule has 3 aromatic rings. The SMILES string of the molecule is C=Cc1c(/C=C\C)c2cc(Nc3ccccc3)ccc2n1C1C=CC=CC1. The Kier molecular flexibility index (Phi) is 4.80. The molecule has 2 aromatic carbocycles. The summed E-state index contributed by atoms with van der Waals surface area (Å²) < 4.78 is 2.41. The minimum atomic E-state index is 0.317. The minimum Gasteiger partial charge on any atom is -0.356 e. The fourth-order valence-electron chi connectivity index (χ4n) is 3.79. The van der Waals surface area contributed by atoms with Gasteiger partial charge in [0.2, 0.25) is 0 Å². The van der Waals surface area contributed by atoms with Gasteiger partial charge in [-0.25, -0.2) is 0 Å². The fourth-order valence-corrected chi connectivity index (χ4v) is 3.79. The molecular weight excluding hydrogens is 328 g/mol. The van der Waals surface area contributed by atoms with Crippen molar-refractivity contribution in [1.29, 1.82) is 0 Å². The van der Waals surface area contributed by atoms with E-state index < -0.39 is 0 Å². The fraction of sp³-hybridized carbons (Fsp3) is 0.120. The molecule has 4 rings (SSSR count). The van der Waals surface area contributed by atoms with Crippen LogP contribution in [0.4, 0.5) is 11.4 Å². The third-order valence-corrected chi connectivity index (χ3v) is 4.96. The second-order valence-electron chi connectivity index (χ2n) is 6.71. The highest BCUT2D eigenvalue weighted by Gasteiger charge is 2.19. The highest BCUT2D eigenvalue weighted by atomic mass is 15.0. The number of nitrogens with one attached hydrogen (secondary N) is 1. The molecule has 1 heterocycles. The van der Waals surface area contributed by atoms with Crippen LogP contribution < -0.4 is 5.32 Å². The van der Waals surface area contributed by atoms with E-state index in [0.717, 1.165) is 17.8 Å². The number of allylic oxidation sites excluding steroid dienone is 5. The molecule has 0 radical (unpaired) electrons. The van der Waals surface area contributed by atoms with Gasteiger partial charge in [0.05, 0.1) is 6.04 Å². The summed E-state index contributed by atoms with van der Waals surface area (Å²) >= 11 is 0. The molecule has 134 valence electrons. The Labute approximate surface area is 160 Å². The zero-order valence-electron chi connectivity index (χ0n) is 15.6. The molecule has 0 saturated heterocycles. The maximum atomic E-state index is 4.10. The molecule has 0 aliphatic heterocycles.